The van der Waals surface area contributed by atoms with Crippen molar-refractivity contribution in [2.45, 2.75) is 25.8 Å². The molecule has 1 heterocycles. The number of likely N-dealkylation sites (tertiary alicyclic amines) is 1. The highest BCUT2D eigenvalue weighted by Crippen LogP contribution is 2.17. The molecule has 0 saturated carbocycles. The van der Waals surface area contributed by atoms with Gasteiger partial charge >= 0.3 is 5.97 Å². The number of aliphatic hydroxyl groups excluding tert-OH is 1. The second kappa shape index (κ2) is 6.56. The molecule has 1 saturated heterocycles. The Balaban J connectivity index is 2.52. The molecule has 98 valence electrons. The third kappa shape index (κ3) is 4.32. The molecule has 1 fully saturated rings. The second-order valence-corrected chi connectivity index (χ2v) is 4.42. The first-order valence-electron chi connectivity index (χ1n) is 5.87. The van der Waals surface area contributed by atoms with E-state index in [9.17, 15) is 9.59 Å². The molecular formula is C11H20N2O4. The molecule has 6 nitrogen and oxygen atoms in total. The molecule has 1 aliphatic heterocycles. The maximum absolute atomic E-state index is 11.3. The summed E-state index contributed by atoms with van der Waals surface area (Å²) < 4.78 is 0. The Bertz CT molecular complexity index is 261. The molecule has 2 unspecified atom stereocenters. The molecule has 1 rings (SSSR count). The standard InChI is InChI=1S/C11H20N2O4/c1-8(15)13-6-9(11(16)17)5-10(7-13)12-3-2-4-14/h9-10,12,14H,2-7H2,1H3,(H,16,17). The van der Waals surface area contributed by atoms with Gasteiger partial charge in [-0.05, 0) is 19.4 Å². The number of carbonyl (C=O) groups excluding carboxylic acids is 1. The average molecular weight is 244 g/mol. The van der Waals surface area contributed by atoms with E-state index in [-0.39, 0.29) is 18.6 Å². The molecule has 0 spiro atoms. The molecule has 0 aromatic carbocycles. The van der Waals surface area contributed by atoms with Crippen molar-refractivity contribution in [1.29, 1.82) is 0 Å². The average Bonchev–Trinajstić information content (AvgIpc) is 2.29. The van der Waals surface area contributed by atoms with Crippen molar-refractivity contribution in [3.05, 3.63) is 0 Å². The SMILES string of the molecule is CC(=O)N1CC(NCCCO)CC(C(=O)O)C1. The quantitative estimate of drug-likeness (QED) is 0.555. The van der Waals surface area contributed by atoms with E-state index in [1.807, 2.05) is 0 Å². The van der Waals surface area contributed by atoms with Crippen LogP contribution in [0.4, 0.5) is 0 Å². The van der Waals surface area contributed by atoms with E-state index < -0.39 is 11.9 Å². The summed E-state index contributed by atoms with van der Waals surface area (Å²) in [6.07, 6.45) is 1.17. The minimum absolute atomic E-state index is 0.000278. The summed E-state index contributed by atoms with van der Waals surface area (Å²) in [4.78, 5) is 23.9. The van der Waals surface area contributed by atoms with Crippen molar-refractivity contribution < 1.29 is 19.8 Å². The van der Waals surface area contributed by atoms with E-state index in [0.717, 1.165) is 0 Å². The zero-order valence-electron chi connectivity index (χ0n) is 10.1. The molecule has 3 N–H and O–H groups in total. The fourth-order valence-electron chi connectivity index (χ4n) is 2.07. The first-order valence-corrected chi connectivity index (χ1v) is 5.87. The van der Waals surface area contributed by atoms with Gasteiger partial charge in [0.15, 0.2) is 0 Å². The Kier molecular flexibility index (Phi) is 5.37. The van der Waals surface area contributed by atoms with Crippen LogP contribution in [0.5, 0.6) is 0 Å². The lowest BCUT2D eigenvalue weighted by molar-refractivity contribution is -0.145. The topological polar surface area (TPSA) is 89.9 Å². The molecular weight excluding hydrogens is 224 g/mol. The first kappa shape index (κ1) is 13.9. The second-order valence-electron chi connectivity index (χ2n) is 4.42. The third-order valence-electron chi connectivity index (χ3n) is 3.01. The number of hydrogen-bond acceptors (Lipinski definition) is 4. The Morgan fingerprint density at radius 3 is 2.65 bits per heavy atom. The molecule has 17 heavy (non-hydrogen) atoms. The van der Waals surface area contributed by atoms with Gasteiger partial charge in [-0.3, -0.25) is 9.59 Å². The van der Waals surface area contributed by atoms with Gasteiger partial charge in [0, 0.05) is 32.7 Å². The van der Waals surface area contributed by atoms with Gasteiger partial charge in [0.2, 0.25) is 5.91 Å². The number of carbonyl (C=O) groups is 2. The number of nitrogens with one attached hydrogen (secondary N) is 1. The van der Waals surface area contributed by atoms with Gasteiger partial charge in [0.25, 0.3) is 0 Å². The normalized spacial score (nSPS) is 24.7. The number of nitrogens with zero attached hydrogens (tertiary/aromatic N) is 1. The van der Waals surface area contributed by atoms with Crippen LogP contribution in [0.25, 0.3) is 0 Å². The van der Waals surface area contributed by atoms with Crippen LogP contribution in [0, 0.1) is 5.92 Å². The molecule has 1 aliphatic rings. The molecule has 0 aromatic rings. The number of hydrogen-bond donors (Lipinski definition) is 3. The van der Waals surface area contributed by atoms with E-state index in [1.165, 1.54) is 6.92 Å². The highest BCUT2D eigenvalue weighted by Gasteiger charge is 2.32. The molecule has 0 bridgehead atoms. The summed E-state index contributed by atoms with van der Waals surface area (Å²) >= 11 is 0. The van der Waals surface area contributed by atoms with Crippen molar-refractivity contribution in [3.8, 4) is 0 Å². The van der Waals surface area contributed by atoms with Crippen molar-refractivity contribution in [3.63, 3.8) is 0 Å². The molecule has 0 aliphatic carbocycles. The molecule has 2 atom stereocenters. The van der Waals surface area contributed by atoms with Crippen LogP contribution >= 0.6 is 0 Å². The number of amides is 1. The minimum Gasteiger partial charge on any atom is -0.481 e. The van der Waals surface area contributed by atoms with E-state index in [1.54, 1.807) is 4.90 Å². The van der Waals surface area contributed by atoms with Gasteiger partial charge in [-0.15, -0.1) is 0 Å². The van der Waals surface area contributed by atoms with Crippen LogP contribution in [-0.4, -0.2) is 59.3 Å². The Labute approximate surface area is 101 Å². The predicted molar refractivity (Wildman–Crippen MR) is 61.5 cm³/mol. The number of piperidine rings is 1. The number of carboxylic acids is 1. The molecule has 0 aromatic heterocycles. The smallest absolute Gasteiger partial charge is 0.308 e. The Morgan fingerprint density at radius 2 is 2.12 bits per heavy atom. The van der Waals surface area contributed by atoms with Gasteiger partial charge in [0.05, 0.1) is 5.92 Å². The Morgan fingerprint density at radius 1 is 1.41 bits per heavy atom. The lowest BCUT2D eigenvalue weighted by atomic mass is 9.94. The molecule has 0 radical (unpaired) electrons. The van der Waals surface area contributed by atoms with Crippen molar-refractivity contribution in [2.24, 2.45) is 5.92 Å². The molecule has 1 amide bonds. The number of rotatable bonds is 5. The summed E-state index contributed by atoms with van der Waals surface area (Å²) in [6.45, 7) is 3.04. The van der Waals surface area contributed by atoms with Gasteiger partial charge in [0.1, 0.15) is 0 Å². The van der Waals surface area contributed by atoms with E-state index in [0.29, 0.717) is 32.5 Å². The summed E-state index contributed by atoms with van der Waals surface area (Å²) in [5.74, 6) is -1.45. The largest absolute Gasteiger partial charge is 0.481 e. The van der Waals surface area contributed by atoms with Crippen molar-refractivity contribution in [1.82, 2.24) is 10.2 Å². The summed E-state index contributed by atoms with van der Waals surface area (Å²) in [5.41, 5.74) is 0. The van der Waals surface area contributed by atoms with E-state index in [2.05, 4.69) is 5.32 Å². The summed E-state index contributed by atoms with van der Waals surface area (Å²) in [5, 5.41) is 20.9. The number of carboxylic acid groups (broad SMARTS) is 1. The minimum atomic E-state index is -0.857. The monoisotopic (exact) mass is 244 g/mol. The van der Waals surface area contributed by atoms with Crippen LogP contribution in [-0.2, 0) is 9.59 Å². The van der Waals surface area contributed by atoms with Gasteiger partial charge in [-0.2, -0.15) is 0 Å². The fraction of sp³-hybridized carbons (Fsp3) is 0.818. The Hall–Kier alpha value is -1.14. The van der Waals surface area contributed by atoms with E-state index >= 15 is 0 Å². The van der Waals surface area contributed by atoms with Crippen LogP contribution < -0.4 is 5.32 Å². The zero-order chi connectivity index (χ0) is 12.8. The lowest BCUT2D eigenvalue weighted by Crippen LogP contribution is -2.52. The number of aliphatic hydroxyl groups is 1. The first-order chi connectivity index (χ1) is 8.04. The van der Waals surface area contributed by atoms with Crippen LogP contribution in [0.1, 0.15) is 19.8 Å². The highest BCUT2D eigenvalue weighted by molar-refractivity contribution is 5.76. The maximum atomic E-state index is 11.3. The number of aliphatic carboxylic acids is 1. The van der Waals surface area contributed by atoms with Crippen molar-refractivity contribution >= 4 is 11.9 Å². The molecule has 6 heteroatoms. The van der Waals surface area contributed by atoms with Crippen LogP contribution in [0.3, 0.4) is 0 Å². The third-order valence-corrected chi connectivity index (χ3v) is 3.01. The van der Waals surface area contributed by atoms with Gasteiger partial charge in [-0.1, -0.05) is 0 Å². The van der Waals surface area contributed by atoms with Gasteiger partial charge in [-0.25, -0.2) is 0 Å². The lowest BCUT2D eigenvalue weighted by Gasteiger charge is -2.36. The van der Waals surface area contributed by atoms with Crippen LogP contribution in [0.2, 0.25) is 0 Å². The van der Waals surface area contributed by atoms with Crippen LogP contribution in [0.15, 0.2) is 0 Å². The van der Waals surface area contributed by atoms with E-state index in [4.69, 9.17) is 10.2 Å². The predicted octanol–water partition coefficient (Wildman–Crippen LogP) is -0.720. The fourth-order valence-corrected chi connectivity index (χ4v) is 2.07. The highest BCUT2D eigenvalue weighted by atomic mass is 16.4. The van der Waals surface area contributed by atoms with Crippen molar-refractivity contribution in [2.75, 3.05) is 26.2 Å². The summed E-state index contributed by atoms with van der Waals surface area (Å²) in [6, 6.07) is 0.000278. The summed E-state index contributed by atoms with van der Waals surface area (Å²) in [7, 11) is 0. The van der Waals surface area contributed by atoms with Gasteiger partial charge < -0.3 is 20.4 Å². The zero-order valence-corrected chi connectivity index (χ0v) is 10.1. The maximum Gasteiger partial charge on any atom is 0.308 e.